The number of amides is 2. The van der Waals surface area contributed by atoms with Crippen molar-refractivity contribution in [2.45, 2.75) is 33.2 Å². The molecule has 0 heterocycles. The van der Waals surface area contributed by atoms with E-state index < -0.39 is 0 Å². The molecule has 0 unspecified atom stereocenters. The molecule has 138 valence electrons. The molecule has 0 radical (unpaired) electrons. The van der Waals surface area contributed by atoms with Crippen LogP contribution in [0, 0.1) is 0 Å². The van der Waals surface area contributed by atoms with E-state index in [1.54, 1.807) is 42.5 Å². The van der Waals surface area contributed by atoms with Crippen molar-refractivity contribution in [2.75, 3.05) is 11.9 Å². The van der Waals surface area contributed by atoms with Crippen LogP contribution in [0.4, 0.5) is 5.69 Å². The zero-order valence-corrected chi connectivity index (χ0v) is 16.7. The fraction of sp³-hybridized carbons (Fsp3) is 0.300. The van der Waals surface area contributed by atoms with Crippen molar-refractivity contribution in [1.29, 1.82) is 0 Å². The Labute approximate surface area is 162 Å². The van der Waals surface area contributed by atoms with Crippen molar-refractivity contribution in [3.05, 3.63) is 58.1 Å². The van der Waals surface area contributed by atoms with Gasteiger partial charge in [-0.25, -0.2) is 0 Å². The van der Waals surface area contributed by atoms with Crippen LogP contribution in [-0.4, -0.2) is 24.5 Å². The lowest BCUT2D eigenvalue weighted by atomic mass is 10.1. The number of anilines is 1. The number of benzene rings is 2. The van der Waals surface area contributed by atoms with Gasteiger partial charge in [0, 0.05) is 22.9 Å². The topological polar surface area (TPSA) is 67.4 Å². The standard InChI is InChI=1S/C20H23BrN2O3/c1-4-11-26-18-10-7-15(12-17(18)21)20(25)23-16-8-5-14(6-9-16)19(24)22-13(2)3/h5-10,12-13H,4,11H2,1-3H3,(H,22,24)(H,23,25). The van der Waals surface area contributed by atoms with Gasteiger partial charge in [-0.15, -0.1) is 0 Å². The van der Waals surface area contributed by atoms with Crippen LogP contribution in [0.5, 0.6) is 5.75 Å². The Balaban J connectivity index is 2.03. The van der Waals surface area contributed by atoms with Gasteiger partial charge in [-0.05, 0) is 78.7 Å². The van der Waals surface area contributed by atoms with E-state index in [1.165, 1.54) is 0 Å². The molecule has 0 saturated heterocycles. The monoisotopic (exact) mass is 418 g/mol. The maximum atomic E-state index is 12.4. The van der Waals surface area contributed by atoms with Crippen LogP contribution in [0.25, 0.3) is 0 Å². The lowest BCUT2D eigenvalue weighted by Crippen LogP contribution is -2.30. The molecule has 2 N–H and O–H groups in total. The molecule has 2 aromatic carbocycles. The molecule has 0 spiro atoms. The fourth-order valence-electron chi connectivity index (χ4n) is 2.22. The predicted octanol–water partition coefficient (Wildman–Crippen LogP) is 4.63. The molecule has 0 aliphatic carbocycles. The molecule has 2 amide bonds. The number of ether oxygens (including phenoxy) is 1. The molecule has 0 bridgehead atoms. The zero-order chi connectivity index (χ0) is 19.1. The van der Waals surface area contributed by atoms with Crippen molar-refractivity contribution in [3.8, 4) is 5.75 Å². The van der Waals surface area contributed by atoms with E-state index in [9.17, 15) is 9.59 Å². The third kappa shape index (κ3) is 5.59. The van der Waals surface area contributed by atoms with E-state index in [2.05, 4.69) is 26.6 Å². The highest BCUT2D eigenvalue weighted by atomic mass is 79.9. The van der Waals surface area contributed by atoms with E-state index in [0.717, 1.165) is 10.9 Å². The van der Waals surface area contributed by atoms with Crippen molar-refractivity contribution in [2.24, 2.45) is 0 Å². The summed E-state index contributed by atoms with van der Waals surface area (Å²) in [7, 11) is 0. The molecule has 0 fully saturated rings. The van der Waals surface area contributed by atoms with Crippen LogP contribution >= 0.6 is 15.9 Å². The maximum absolute atomic E-state index is 12.4. The first-order valence-corrected chi connectivity index (χ1v) is 9.34. The minimum absolute atomic E-state index is 0.0737. The largest absolute Gasteiger partial charge is 0.492 e. The van der Waals surface area contributed by atoms with E-state index in [1.807, 2.05) is 20.8 Å². The van der Waals surface area contributed by atoms with E-state index in [0.29, 0.717) is 29.2 Å². The lowest BCUT2D eigenvalue weighted by Gasteiger charge is -2.11. The number of nitrogens with one attached hydrogen (secondary N) is 2. The van der Waals surface area contributed by atoms with Gasteiger partial charge in [0.2, 0.25) is 0 Å². The number of carbonyl (C=O) groups excluding carboxylic acids is 2. The summed E-state index contributed by atoms with van der Waals surface area (Å²) in [4.78, 5) is 24.3. The van der Waals surface area contributed by atoms with Crippen LogP contribution in [0.3, 0.4) is 0 Å². The summed E-state index contributed by atoms with van der Waals surface area (Å²) >= 11 is 3.43. The number of halogens is 1. The quantitative estimate of drug-likeness (QED) is 0.688. The molecule has 2 rings (SSSR count). The van der Waals surface area contributed by atoms with Crippen molar-refractivity contribution >= 4 is 33.4 Å². The molecule has 0 aliphatic rings. The Bertz CT molecular complexity index is 773. The first-order chi connectivity index (χ1) is 12.4. The van der Waals surface area contributed by atoms with Crippen LogP contribution in [0.1, 0.15) is 47.9 Å². The van der Waals surface area contributed by atoms with Gasteiger partial charge in [0.25, 0.3) is 11.8 Å². The molecule has 5 nitrogen and oxygen atoms in total. The second kappa shape index (κ2) is 9.38. The number of rotatable bonds is 7. The summed E-state index contributed by atoms with van der Waals surface area (Å²) in [6, 6.07) is 12.1. The highest BCUT2D eigenvalue weighted by Gasteiger charge is 2.11. The van der Waals surface area contributed by atoms with Gasteiger partial charge in [0.1, 0.15) is 5.75 Å². The van der Waals surface area contributed by atoms with Crippen LogP contribution in [-0.2, 0) is 0 Å². The van der Waals surface area contributed by atoms with Crippen molar-refractivity contribution < 1.29 is 14.3 Å². The first kappa shape index (κ1) is 20.0. The van der Waals surface area contributed by atoms with Gasteiger partial charge in [0.05, 0.1) is 11.1 Å². The van der Waals surface area contributed by atoms with E-state index in [4.69, 9.17) is 4.74 Å². The fourth-order valence-corrected chi connectivity index (χ4v) is 2.72. The summed E-state index contributed by atoms with van der Waals surface area (Å²) in [6.07, 6.45) is 0.917. The zero-order valence-electron chi connectivity index (χ0n) is 15.1. The minimum Gasteiger partial charge on any atom is -0.492 e. The number of hydrogen-bond donors (Lipinski definition) is 2. The van der Waals surface area contributed by atoms with Gasteiger partial charge in [-0.1, -0.05) is 6.92 Å². The number of hydrogen-bond acceptors (Lipinski definition) is 3. The van der Waals surface area contributed by atoms with Gasteiger partial charge < -0.3 is 15.4 Å². The Morgan fingerprint density at radius 1 is 1.04 bits per heavy atom. The second-order valence-corrected chi connectivity index (χ2v) is 7.01. The minimum atomic E-state index is -0.230. The third-order valence-electron chi connectivity index (χ3n) is 3.48. The normalized spacial score (nSPS) is 10.5. The average molecular weight is 419 g/mol. The van der Waals surface area contributed by atoms with Crippen molar-refractivity contribution in [3.63, 3.8) is 0 Å². The van der Waals surface area contributed by atoms with Gasteiger partial charge in [-0.3, -0.25) is 9.59 Å². The Morgan fingerprint density at radius 3 is 2.27 bits per heavy atom. The summed E-state index contributed by atoms with van der Waals surface area (Å²) in [5, 5.41) is 5.65. The third-order valence-corrected chi connectivity index (χ3v) is 4.10. The van der Waals surface area contributed by atoms with Gasteiger partial charge in [0.15, 0.2) is 0 Å². The summed E-state index contributed by atoms with van der Waals surface area (Å²) in [5.74, 6) is 0.348. The molecular weight excluding hydrogens is 396 g/mol. The van der Waals surface area contributed by atoms with E-state index in [-0.39, 0.29) is 17.9 Å². The molecule has 0 aliphatic heterocycles. The molecular formula is C20H23BrN2O3. The smallest absolute Gasteiger partial charge is 0.255 e. The second-order valence-electron chi connectivity index (χ2n) is 6.15. The predicted molar refractivity (Wildman–Crippen MR) is 107 cm³/mol. The molecule has 0 aromatic heterocycles. The maximum Gasteiger partial charge on any atom is 0.255 e. The Hall–Kier alpha value is -2.34. The molecule has 6 heteroatoms. The van der Waals surface area contributed by atoms with Crippen LogP contribution in [0.15, 0.2) is 46.9 Å². The summed E-state index contributed by atoms with van der Waals surface area (Å²) < 4.78 is 6.32. The highest BCUT2D eigenvalue weighted by molar-refractivity contribution is 9.10. The first-order valence-electron chi connectivity index (χ1n) is 8.55. The van der Waals surface area contributed by atoms with Crippen LogP contribution < -0.4 is 15.4 Å². The molecule has 0 saturated carbocycles. The Kier molecular flexibility index (Phi) is 7.21. The SMILES string of the molecule is CCCOc1ccc(C(=O)Nc2ccc(C(=O)NC(C)C)cc2)cc1Br. The molecule has 26 heavy (non-hydrogen) atoms. The highest BCUT2D eigenvalue weighted by Crippen LogP contribution is 2.26. The lowest BCUT2D eigenvalue weighted by molar-refractivity contribution is 0.0942. The number of carbonyl (C=O) groups is 2. The van der Waals surface area contributed by atoms with Gasteiger partial charge >= 0.3 is 0 Å². The van der Waals surface area contributed by atoms with Crippen LogP contribution in [0.2, 0.25) is 0 Å². The Morgan fingerprint density at radius 2 is 1.69 bits per heavy atom. The van der Waals surface area contributed by atoms with Crippen molar-refractivity contribution in [1.82, 2.24) is 5.32 Å². The summed E-state index contributed by atoms with van der Waals surface area (Å²) in [6.45, 7) is 6.47. The summed E-state index contributed by atoms with van der Waals surface area (Å²) in [5.41, 5.74) is 1.69. The van der Waals surface area contributed by atoms with E-state index >= 15 is 0 Å². The van der Waals surface area contributed by atoms with Gasteiger partial charge in [-0.2, -0.15) is 0 Å². The molecule has 0 atom stereocenters. The average Bonchev–Trinajstić information content (AvgIpc) is 2.60. The molecule has 2 aromatic rings.